The summed E-state index contributed by atoms with van der Waals surface area (Å²) in [4.78, 5) is 4.19. The van der Waals surface area contributed by atoms with Crippen molar-refractivity contribution in [1.82, 2.24) is 10.3 Å². The number of hydrogen-bond acceptors (Lipinski definition) is 3. The van der Waals surface area contributed by atoms with Crippen molar-refractivity contribution in [1.29, 1.82) is 0 Å². The fourth-order valence-corrected chi connectivity index (χ4v) is 2.15. The molecule has 0 saturated carbocycles. The van der Waals surface area contributed by atoms with Gasteiger partial charge in [0.1, 0.15) is 5.76 Å². The van der Waals surface area contributed by atoms with Gasteiger partial charge < -0.3 is 9.73 Å². The maximum absolute atomic E-state index is 5.45. The van der Waals surface area contributed by atoms with Crippen molar-refractivity contribution in [3.8, 4) is 0 Å². The zero-order chi connectivity index (χ0) is 13.0. The molecule has 96 valence electrons. The molecule has 0 fully saturated rings. The summed E-state index contributed by atoms with van der Waals surface area (Å²) in [5.74, 6) is 1.59. The standard InChI is InChI=1S/C14H17BrN2O/c1-3-13(11-4-6-12(15)7-5-11)16-9-14-17-8-10(2)18-14/h4-8,13,16H,3,9H2,1-2H3. The van der Waals surface area contributed by atoms with Crippen LogP contribution >= 0.6 is 15.9 Å². The van der Waals surface area contributed by atoms with Crippen LogP contribution in [0.3, 0.4) is 0 Å². The van der Waals surface area contributed by atoms with Crippen molar-refractivity contribution in [2.45, 2.75) is 32.9 Å². The SMILES string of the molecule is CCC(NCc1ncc(C)o1)c1ccc(Br)cc1. The lowest BCUT2D eigenvalue weighted by Crippen LogP contribution is -2.20. The molecule has 3 nitrogen and oxygen atoms in total. The summed E-state index contributed by atoms with van der Waals surface area (Å²) in [5.41, 5.74) is 1.28. The molecule has 4 heteroatoms. The van der Waals surface area contributed by atoms with E-state index in [4.69, 9.17) is 4.42 Å². The molecule has 2 rings (SSSR count). The quantitative estimate of drug-likeness (QED) is 0.907. The van der Waals surface area contributed by atoms with Crippen LogP contribution in [0.5, 0.6) is 0 Å². The Morgan fingerprint density at radius 3 is 2.61 bits per heavy atom. The number of nitrogens with one attached hydrogen (secondary N) is 1. The molecular formula is C14H17BrN2O. The zero-order valence-electron chi connectivity index (χ0n) is 10.6. The Kier molecular flexibility index (Phi) is 4.55. The van der Waals surface area contributed by atoms with Gasteiger partial charge in [0, 0.05) is 10.5 Å². The summed E-state index contributed by atoms with van der Waals surface area (Å²) in [6.45, 7) is 4.73. The summed E-state index contributed by atoms with van der Waals surface area (Å²) < 4.78 is 6.55. The Bertz CT molecular complexity index is 493. The van der Waals surface area contributed by atoms with Gasteiger partial charge in [-0.05, 0) is 31.0 Å². The normalized spacial score (nSPS) is 12.6. The van der Waals surface area contributed by atoms with Gasteiger partial charge in [-0.15, -0.1) is 0 Å². The van der Waals surface area contributed by atoms with Crippen LogP contribution in [0.15, 0.2) is 39.4 Å². The van der Waals surface area contributed by atoms with Crippen LogP contribution in [0.25, 0.3) is 0 Å². The van der Waals surface area contributed by atoms with Crippen molar-refractivity contribution in [3.05, 3.63) is 52.1 Å². The number of nitrogens with zero attached hydrogens (tertiary/aromatic N) is 1. The van der Waals surface area contributed by atoms with Gasteiger partial charge in [-0.1, -0.05) is 35.0 Å². The molecule has 2 aromatic rings. The van der Waals surface area contributed by atoms with Gasteiger partial charge in [0.05, 0.1) is 12.7 Å². The molecule has 1 N–H and O–H groups in total. The Morgan fingerprint density at radius 1 is 1.33 bits per heavy atom. The monoisotopic (exact) mass is 308 g/mol. The van der Waals surface area contributed by atoms with Gasteiger partial charge in [0.2, 0.25) is 5.89 Å². The number of hydrogen-bond donors (Lipinski definition) is 1. The second-order valence-corrected chi connectivity index (χ2v) is 5.17. The van der Waals surface area contributed by atoms with E-state index in [1.165, 1.54) is 5.56 Å². The van der Waals surface area contributed by atoms with E-state index in [9.17, 15) is 0 Å². The highest BCUT2D eigenvalue weighted by atomic mass is 79.9. The van der Waals surface area contributed by atoms with E-state index >= 15 is 0 Å². The first-order valence-electron chi connectivity index (χ1n) is 6.09. The van der Waals surface area contributed by atoms with E-state index in [1.807, 2.05) is 6.92 Å². The molecule has 0 radical (unpaired) electrons. The van der Waals surface area contributed by atoms with Gasteiger partial charge in [-0.3, -0.25) is 0 Å². The predicted molar refractivity (Wildman–Crippen MR) is 75.3 cm³/mol. The Balaban J connectivity index is 1.99. The number of aromatic nitrogens is 1. The molecule has 0 bridgehead atoms. The van der Waals surface area contributed by atoms with Crippen LogP contribution in [-0.2, 0) is 6.54 Å². The van der Waals surface area contributed by atoms with Gasteiger partial charge in [0.15, 0.2) is 0 Å². The van der Waals surface area contributed by atoms with Crippen molar-refractivity contribution in [2.24, 2.45) is 0 Å². The van der Waals surface area contributed by atoms with Gasteiger partial charge >= 0.3 is 0 Å². The molecule has 0 aliphatic rings. The fourth-order valence-electron chi connectivity index (χ4n) is 1.89. The highest BCUT2D eigenvalue weighted by Gasteiger charge is 2.10. The number of benzene rings is 1. The average Bonchev–Trinajstić information content (AvgIpc) is 2.78. The lowest BCUT2D eigenvalue weighted by atomic mass is 10.0. The predicted octanol–water partition coefficient (Wildman–Crippen LogP) is 3.99. The molecular weight excluding hydrogens is 292 g/mol. The molecule has 0 saturated heterocycles. The first kappa shape index (κ1) is 13.3. The number of oxazole rings is 1. The average molecular weight is 309 g/mol. The topological polar surface area (TPSA) is 38.1 Å². The van der Waals surface area contributed by atoms with Gasteiger partial charge in [-0.2, -0.15) is 0 Å². The second-order valence-electron chi connectivity index (χ2n) is 4.26. The third kappa shape index (κ3) is 3.43. The van der Waals surface area contributed by atoms with E-state index in [0.29, 0.717) is 12.6 Å². The summed E-state index contributed by atoms with van der Waals surface area (Å²) in [6.07, 6.45) is 2.78. The van der Waals surface area contributed by atoms with Crippen molar-refractivity contribution >= 4 is 15.9 Å². The maximum Gasteiger partial charge on any atom is 0.208 e. The Labute approximate surface area is 116 Å². The minimum absolute atomic E-state index is 0.324. The van der Waals surface area contributed by atoms with E-state index in [1.54, 1.807) is 6.20 Å². The van der Waals surface area contributed by atoms with Crippen LogP contribution in [-0.4, -0.2) is 4.98 Å². The first-order chi connectivity index (χ1) is 8.69. The smallest absolute Gasteiger partial charge is 0.208 e. The number of aryl methyl sites for hydroxylation is 1. The summed E-state index contributed by atoms with van der Waals surface area (Å²) in [6, 6.07) is 8.72. The molecule has 0 aliphatic heterocycles. The van der Waals surface area contributed by atoms with E-state index in [2.05, 4.69) is 57.4 Å². The summed E-state index contributed by atoms with van der Waals surface area (Å²) in [5, 5.41) is 3.46. The van der Waals surface area contributed by atoms with Crippen molar-refractivity contribution in [3.63, 3.8) is 0 Å². The minimum Gasteiger partial charge on any atom is -0.445 e. The lowest BCUT2D eigenvalue weighted by molar-refractivity contribution is 0.420. The highest BCUT2D eigenvalue weighted by molar-refractivity contribution is 9.10. The molecule has 1 atom stereocenters. The van der Waals surface area contributed by atoms with Gasteiger partial charge in [0.25, 0.3) is 0 Å². The molecule has 0 aliphatic carbocycles. The Hall–Kier alpha value is -1.13. The van der Waals surface area contributed by atoms with E-state index < -0.39 is 0 Å². The maximum atomic E-state index is 5.45. The van der Waals surface area contributed by atoms with Crippen molar-refractivity contribution in [2.75, 3.05) is 0 Å². The fraction of sp³-hybridized carbons (Fsp3) is 0.357. The van der Waals surface area contributed by atoms with E-state index in [-0.39, 0.29) is 0 Å². The molecule has 1 unspecified atom stereocenters. The van der Waals surface area contributed by atoms with Crippen LogP contribution in [0.4, 0.5) is 0 Å². The molecule has 1 aromatic heterocycles. The zero-order valence-corrected chi connectivity index (χ0v) is 12.2. The van der Waals surface area contributed by atoms with Crippen LogP contribution < -0.4 is 5.32 Å². The van der Waals surface area contributed by atoms with E-state index in [0.717, 1.165) is 22.5 Å². The van der Waals surface area contributed by atoms with Crippen LogP contribution in [0.1, 0.15) is 36.6 Å². The molecule has 0 amide bonds. The Morgan fingerprint density at radius 2 is 2.06 bits per heavy atom. The molecule has 1 heterocycles. The van der Waals surface area contributed by atoms with Crippen LogP contribution in [0.2, 0.25) is 0 Å². The first-order valence-corrected chi connectivity index (χ1v) is 6.88. The number of halogens is 1. The highest BCUT2D eigenvalue weighted by Crippen LogP contribution is 2.19. The summed E-state index contributed by atoms with van der Waals surface area (Å²) in [7, 11) is 0. The molecule has 18 heavy (non-hydrogen) atoms. The van der Waals surface area contributed by atoms with Crippen LogP contribution in [0, 0.1) is 6.92 Å². The lowest BCUT2D eigenvalue weighted by Gasteiger charge is -2.16. The third-order valence-corrected chi connectivity index (χ3v) is 3.38. The second kappa shape index (κ2) is 6.16. The van der Waals surface area contributed by atoms with Crippen molar-refractivity contribution < 1.29 is 4.42 Å². The molecule has 0 spiro atoms. The third-order valence-electron chi connectivity index (χ3n) is 2.85. The number of rotatable bonds is 5. The van der Waals surface area contributed by atoms with Gasteiger partial charge in [-0.25, -0.2) is 4.98 Å². The largest absolute Gasteiger partial charge is 0.445 e. The summed E-state index contributed by atoms with van der Waals surface area (Å²) >= 11 is 3.45. The minimum atomic E-state index is 0.324. The molecule has 1 aromatic carbocycles.